The van der Waals surface area contributed by atoms with E-state index in [4.69, 9.17) is 5.41 Å². The number of carbonyl (C=O) groups excluding carboxylic acids is 1. The van der Waals surface area contributed by atoms with Gasteiger partial charge in [-0.2, -0.15) is 0 Å². The van der Waals surface area contributed by atoms with Crippen molar-refractivity contribution in [1.82, 2.24) is 4.98 Å². The van der Waals surface area contributed by atoms with Crippen molar-refractivity contribution in [3.63, 3.8) is 0 Å². The molecule has 1 aromatic carbocycles. The minimum atomic E-state index is -0.730. The van der Waals surface area contributed by atoms with E-state index < -0.39 is 17.5 Å². The molecule has 0 radical (unpaired) electrons. The van der Waals surface area contributed by atoms with Crippen molar-refractivity contribution in [1.29, 1.82) is 5.41 Å². The van der Waals surface area contributed by atoms with Gasteiger partial charge in [0.25, 0.3) is 5.91 Å². The maximum absolute atomic E-state index is 13.2. The van der Waals surface area contributed by atoms with Gasteiger partial charge in [-0.25, -0.2) is 8.78 Å². The molecule has 0 spiro atoms. The van der Waals surface area contributed by atoms with Crippen molar-refractivity contribution < 1.29 is 13.6 Å². The molecule has 4 nitrogen and oxygen atoms in total. The Hall–Kier alpha value is -2.63. The number of anilines is 1. The number of carbonyl (C=O) groups is 1. The van der Waals surface area contributed by atoms with Gasteiger partial charge in [-0.1, -0.05) is 0 Å². The van der Waals surface area contributed by atoms with E-state index in [2.05, 4.69) is 4.98 Å². The number of halogens is 2. The first-order valence-corrected chi connectivity index (χ1v) is 7.01. The van der Waals surface area contributed by atoms with E-state index in [-0.39, 0.29) is 17.7 Å². The molecule has 2 aromatic rings. The Bertz CT molecular complexity index is 754. The summed E-state index contributed by atoms with van der Waals surface area (Å²) in [5.74, 6) is -2.00. The number of nitrogens with one attached hydrogen (secondary N) is 1. The van der Waals surface area contributed by atoms with Gasteiger partial charge in [-0.05, 0) is 43.2 Å². The first-order valence-electron chi connectivity index (χ1n) is 7.01. The zero-order valence-corrected chi connectivity index (χ0v) is 13.2. The normalized spacial score (nSPS) is 10.5. The molecule has 120 valence electrons. The van der Waals surface area contributed by atoms with Gasteiger partial charge >= 0.3 is 0 Å². The standard InChI is InChI=1S/C17H17F2N3O/c1-10-4-15(9-21-11(10)2)22(3)17(23)16(20)7-12-5-13(18)8-14(19)6-12/h4-6,8-9,20H,7H2,1-3H3. The first kappa shape index (κ1) is 16.7. The maximum atomic E-state index is 13.2. The van der Waals surface area contributed by atoms with Crippen molar-refractivity contribution >= 4 is 17.3 Å². The van der Waals surface area contributed by atoms with E-state index in [1.54, 1.807) is 12.3 Å². The number of benzene rings is 1. The quantitative estimate of drug-likeness (QED) is 0.880. The van der Waals surface area contributed by atoms with Gasteiger partial charge < -0.3 is 4.90 Å². The number of aryl methyl sites for hydroxylation is 2. The summed E-state index contributed by atoms with van der Waals surface area (Å²) in [5.41, 5.74) is 2.34. The Labute approximate surface area is 133 Å². The van der Waals surface area contributed by atoms with Crippen molar-refractivity contribution in [2.75, 3.05) is 11.9 Å². The summed E-state index contributed by atoms with van der Waals surface area (Å²) in [7, 11) is 1.54. The van der Waals surface area contributed by atoms with Gasteiger partial charge in [-0.15, -0.1) is 0 Å². The molecule has 1 heterocycles. The van der Waals surface area contributed by atoms with E-state index in [1.165, 1.54) is 11.9 Å². The second kappa shape index (κ2) is 6.64. The number of amides is 1. The molecular weight excluding hydrogens is 300 g/mol. The molecule has 0 unspecified atom stereocenters. The van der Waals surface area contributed by atoms with Crippen LogP contribution in [0.2, 0.25) is 0 Å². The van der Waals surface area contributed by atoms with Crippen LogP contribution in [0.1, 0.15) is 16.8 Å². The van der Waals surface area contributed by atoms with Crippen LogP contribution in [0.15, 0.2) is 30.5 Å². The molecule has 0 aliphatic carbocycles. The van der Waals surface area contributed by atoms with Crippen LogP contribution in [0.25, 0.3) is 0 Å². The zero-order chi connectivity index (χ0) is 17.1. The summed E-state index contributed by atoms with van der Waals surface area (Å²) in [6, 6.07) is 4.78. The first-order chi connectivity index (χ1) is 10.8. The lowest BCUT2D eigenvalue weighted by atomic mass is 10.1. The van der Waals surface area contributed by atoms with Crippen LogP contribution >= 0.6 is 0 Å². The summed E-state index contributed by atoms with van der Waals surface area (Å²) in [5, 5.41) is 7.89. The van der Waals surface area contributed by atoms with E-state index in [0.717, 1.165) is 29.5 Å². The fourth-order valence-electron chi connectivity index (χ4n) is 2.12. The summed E-state index contributed by atoms with van der Waals surface area (Å²) in [6.07, 6.45) is 1.41. The molecule has 0 saturated heterocycles. The average Bonchev–Trinajstić information content (AvgIpc) is 2.47. The lowest BCUT2D eigenvalue weighted by Gasteiger charge is -2.18. The monoisotopic (exact) mass is 317 g/mol. The minimum absolute atomic E-state index is 0.143. The molecule has 0 aliphatic heterocycles. The largest absolute Gasteiger partial charge is 0.309 e. The highest BCUT2D eigenvalue weighted by molar-refractivity contribution is 6.42. The molecule has 1 amide bonds. The lowest BCUT2D eigenvalue weighted by molar-refractivity contribution is -0.112. The minimum Gasteiger partial charge on any atom is -0.309 e. The molecule has 0 fully saturated rings. The smallest absolute Gasteiger partial charge is 0.272 e. The van der Waals surface area contributed by atoms with Gasteiger partial charge in [0.2, 0.25) is 0 Å². The third-order valence-electron chi connectivity index (χ3n) is 3.58. The molecular formula is C17H17F2N3O. The van der Waals surface area contributed by atoms with Crippen LogP contribution in [-0.4, -0.2) is 23.7 Å². The highest BCUT2D eigenvalue weighted by atomic mass is 19.1. The molecule has 0 bridgehead atoms. The molecule has 0 atom stereocenters. The van der Waals surface area contributed by atoms with Crippen molar-refractivity contribution in [3.05, 3.63) is 58.9 Å². The van der Waals surface area contributed by atoms with Gasteiger partial charge in [0.1, 0.15) is 17.3 Å². The topological polar surface area (TPSA) is 57.1 Å². The van der Waals surface area contributed by atoms with E-state index in [9.17, 15) is 13.6 Å². The summed E-state index contributed by atoms with van der Waals surface area (Å²) < 4.78 is 26.3. The van der Waals surface area contributed by atoms with Gasteiger partial charge in [-0.3, -0.25) is 15.2 Å². The number of rotatable bonds is 4. The third-order valence-corrected chi connectivity index (χ3v) is 3.58. The number of pyridine rings is 1. The summed E-state index contributed by atoms with van der Waals surface area (Å²) in [4.78, 5) is 17.8. The van der Waals surface area contributed by atoms with Gasteiger partial charge in [0, 0.05) is 25.2 Å². The number of nitrogens with zero attached hydrogens (tertiary/aromatic N) is 2. The highest BCUT2D eigenvalue weighted by Gasteiger charge is 2.18. The summed E-state index contributed by atoms with van der Waals surface area (Å²) in [6.45, 7) is 3.74. The van der Waals surface area contributed by atoms with Crippen LogP contribution in [0, 0.1) is 30.9 Å². The van der Waals surface area contributed by atoms with E-state index in [1.807, 2.05) is 13.8 Å². The van der Waals surface area contributed by atoms with Crippen molar-refractivity contribution in [3.8, 4) is 0 Å². The van der Waals surface area contributed by atoms with E-state index >= 15 is 0 Å². The van der Waals surface area contributed by atoms with Crippen molar-refractivity contribution in [2.45, 2.75) is 20.3 Å². The molecule has 1 N–H and O–H groups in total. The Morgan fingerprint density at radius 3 is 2.35 bits per heavy atom. The van der Waals surface area contributed by atoms with Crippen LogP contribution in [0.4, 0.5) is 14.5 Å². The predicted octanol–water partition coefficient (Wildman–Crippen LogP) is 3.20. The van der Waals surface area contributed by atoms with E-state index in [0.29, 0.717) is 5.69 Å². The number of aromatic nitrogens is 1. The molecule has 6 heteroatoms. The average molecular weight is 317 g/mol. The third kappa shape index (κ3) is 3.97. The number of hydrogen-bond acceptors (Lipinski definition) is 3. The fraction of sp³-hybridized carbons (Fsp3) is 0.235. The predicted molar refractivity (Wildman–Crippen MR) is 84.9 cm³/mol. The SMILES string of the molecule is Cc1cc(N(C)C(=O)C(=N)Cc2cc(F)cc(F)c2)cnc1C. The Morgan fingerprint density at radius 1 is 1.17 bits per heavy atom. The van der Waals surface area contributed by atoms with Gasteiger partial charge in [0.05, 0.1) is 11.9 Å². The zero-order valence-electron chi connectivity index (χ0n) is 13.2. The van der Waals surface area contributed by atoms with Crippen LogP contribution in [0.3, 0.4) is 0 Å². The Morgan fingerprint density at radius 2 is 1.78 bits per heavy atom. The van der Waals surface area contributed by atoms with Gasteiger partial charge in [0.15, 0.2) is 0 Å². The second-order valence-corrected chi connectivity index (χ2v) is 5.39. The van der Waals surface area contributed by atoms with Crippen LogP contribution in [-0.2, 0) is 11.2 Å². The molecule has 0 saturated carbocycles. The summed E-state index contributed by atoms with van der Waals surface area (Å²) >= 11 is 0. The second-order valence-electron chi connectivity index (χ2n) is 5.39. The Balaban J connectivity index is 2.15. The molecule has 2 rings (SSSR count). The fourth-order valence-corrected chi connectivity index (χ4v) is 2.12. The molecule has 23 heavy (non-hydrogen) atoms. The molecule has 1 aromatic heterocycles. The maximum Gasteiger partial charge on any atom is 0.272 e. The van der Waals surface area contributed by atoms with Crippen molar-refractivity contribution in [2.24, 2.45) is 0 Å². The molecule has 0 aliphatic rings. The Kier molecular flexibility index (Phi) is 4.83. The van der Waals surface area contributed by atoms with Crippen LogP contribution in [0.5, 0.6) is 0 Å². The number of hydrogen-bond donors (Lipinski definition) is 1. The van der Waals surface area contributed by atoms with Crippen LogP contribution < -0.4 is 4.90 Å². The lowest BCUT2D eigenvalue weighted by Crippen LogP contribution is -2.34. The highest BCUT2D eigenvalue weighted by Crippen LogP contribution is 2.16.